The second kappa shape index (κ2) is 14.3. The van der Waals surface area contributed by atoms with E-state index in [-0.39, 0.29) is 12.6 Å². The van der Waals surface area contributed by atoms with Gasteiger partial charge in [0.05, 0.1) is 12.6 Å². The number of carbonyl (C=O) groups is 1. The van der Waals surface area contributed by atoms with Crippen LogP contribution in [0.1, 0.15) is 36.4 Å². The Hall–Kier alpha value is -1.96. The van der Waals surface area contributed by atoms with E-state index in [0.29, 0.717) is 6.61 Å². The van der Waals surface area contributed by atoms with Gasteiger partial charge in [-0.1, -0.05) is 60.5 Å². The quantitative estimate of drug-likeness (QED) is 0.567. The summed E-state index contributed by atoms with van der Waals surface area (Å²) in [4.78, 5) is 15.3. The van der Waals surface area contributed by atoms with Crippen molar-refractivity contribution in [3.8, 4) is 0 Å². The predicted molar refractivity (Wildman–Crippen MR) is 133 cm³/mol. The van der Waals surface area contributed by atoms with Crippen molar-refractivity contribution in [1.82, 2.24) is 15.1 Å². The topological polar surface area (TPSA) is 65.0 Å². The number of benzene rings is 2. The van der Waals surface area contributed by atoms with Gasteiger partial charge in [0.1, 0.15) is 6.61 Å². The van der Waals surface area contributed by atoms with Crippen molar-refractivity contribution in [1.29, 1.82) is 0 Å². The molecule has 4 rings (SSSR count). The summed E-state index contributed by atoms with van der Waals surface area (Å²) in [5.41, 5.74) is 2.52. The number of ether oxygens (including phenoxy) is 1. The minimum atomic E-state index is -0.923. The molecule has 1 atom stereocenters. The zero-order valence-electron chi connectivity index (χ0n) is 19.3. The maximum Gasteiger partial charge on any atom is 0.329 e. The molecule has 0 bridgehead atoms. The molecule has 2 aliphatic rings. The highest BCUT2D eigenvalue weighted by Gasteiger charge is 2.26. The minimum Gasteiger partial charge on any atom is -0.480 e. The Kier molecular flexibility index (Phi) is 11.1. The molecule has 2 saturated heterocycles. The molecule has 2 aromatic rings. The average Bonchev–Trinajstić information content (AvgIpc) is 2.86. The fourth-order valence-corrected chi connectivity index (χ4v) is 4.42. The first-order valence-electron chi connectivity index (χ1n) is 11.9. The largest absolute Gasteiger partial charge is 0.480 e. The van der Waals surface area contributed by atoms with E-state index in [1.807, 2.05) is 18.2 Å². The van der Waals surface area contributed by atoms with Crippen molar-refractivity contribution in [2.75, 3.05) is 59.0 Å². The first-order valence-corrected chi connectivity index (χ1v) is 12.3. The maximum absolute atomic E-state index is 10.5. The fraction of sp³-hybridized carbons (Fsp3) is 0.500. The number of hydrogen-bond donors (Lipinski definition) is 2. The molecule has 0 aliphatic carbocycles. The molecule has 2 fully saturated rings. The summed E-state index contributed by atoms with van der Waals surface area (Å²) < 4.78 is 5.15. The third kappa shape index (κ3) is 9.07. The summed E-state index contributed by atoms with van der Waals surface area (Å²) in [5, 5.41) is 12.7. The molecule has 0 radical (unpaired) electrons. The maximum atomic E-state index is 10.5. The van der Waals surface area contributed by atoms with Crippen molar-refractivity contribution < 1.29 is 14.6 Å². The first kappa shape index (κ1) is 25.7. The molecular weight excluding hydrogens is 438 g/mol. The van der Waals surface area contributed by atoms with Crippen LogP contribution in [0.5, 0.6) is 0 Å². The lowest BCUT2D eigenvalue weighted by Crippen LogP contribution is -2.48. The number of hydrogen-bond acceptors (Lipinski definition) is 5. The van der Waals surface area contributed by atoms with E-state index in [1.54, 1.807) is 0 Å². The Labute approximate surface area is 202 Å². The van der Waals surface area contributed by atoms with E-state index >= 15 is 0 Å². The van der Waals surface area contributed by atoms with Crippen LogP contribution in [0.4, 0.5) is 0 Å². The van der Waals surface area contributed by atoms with E-state index < -0.39 is 5.97 Å². The van der Waals surface area contributed by atoms with Crippen molar-refractivity contribution in [3.63, 3.8) is 0 Å². The lowest BCUT2D eigenvalue weighted by molar-refractivity contribution is -0.142. The Morgan fingerprint density at radius 3 is 2.12 bits per heavy atom. The summed E-state index contributed by atoms with van der Waals surface area (Å²) in [6, 6.07) is 18.8. The number of carboxylic acid groups (broad SMARTS) is 1. The lowest BCUT2D eigenvalue weighted by Gasteiger charge is -2.39. The van der Waals surface area contributed by atoms with Gasteiger partial charge in [0.15, 0.2) is 0 Å². The van der Waals surface area contributed by atoms with Gasteiger partial charge in [0.2, 0.25) is 0 Å². The molecule has 2 N–H and O–H groups in total. The highest BCUT2D eigenvalue weighted by atomic mass is 35.5. The number of rotatable bonds is 8. The summed E-state index contributed by atoms with van der Waals surface area (Å²) in [7, 11) is 0. The number of halogens is 1. The second-order valence-corrected chi connectivity index (χ2v) is 8.94. The summed E-state index contributed by atoms with van der Waals surface area (Å²) in [6.45, 7) is 7.25. The van der Waals surface area contributed by atoms with Crippen LogP contribution in [-0.2, 0) is 9.53 Å². The summed E-state index contributed by atoms with van der Waals surface area (Å²) in [6.07, 6.45) is 4.22. The van der Waals surface area contributed by atoms with Gasteiger partial charge < -0.3 is 15.2 Å². The van der Waals surface area contributed by atoms with Crippen LogP contribution >= 0.6 is 11.6 Å². The number of piperidine rings is 1. The van der Waals surface area contributed by atoms with Crippen LogP contribution in [0.2, 0.25) is 5.02 Å². The van der Waals surface area contributed by atoms with Crippen molar-refractivity contribution in [2.45, 2.75) is 25.3 Å². The van der Waals surface area contributed by atoms with Gasteiger partial charge in [-0.3, -0.25) is 9.80 Å². The average molecular weight is 474 g/mol. The summed E-state index contributed by atoms with van der Waals surface area (Å²) >= 11 is 6.08. The lowest BCUT2D eigenvalue weighted by atomic mass is 9.96. The van der Waals surface area contributed by atoms with Crippen molar-refractivity contribution >= 4 is 17.6 Å². The molecule has 2 aromatic carbocycles. The Balaban J connectivity index is 0.000000442. The molecule has 33 heavy (non-hydrogen) atoms. The van der Waals surface area contributed by atoms with Crippen LogP contribution in [0, 0.1) is 0 Å². The predicted octanol–water partition coefficient (Wildman–Crippen LogP) is 3.91. The molecule has 0 saturated carbocycles. The van der Waals surface area contributed by atoms with E-state index in [2.05, 4.69) is 51.5 Å². The zero-order valence-corrected chi connectivity index (χ0v) is 20.1. The second-order valence-electron chi connectivity index (χ2n) is 8.50. The minimum absolute atomic E-state index is 0.203. The van der Waals surface area contributed by atoms with Gasteiger partial charge in [-0.25, -0.2) is 4.79 Å². The van der Waals surface area contributed by atoms with Gasteiger partial charge in [-0.05, 0) is 49.2 Å². The fourth-order valence-electron chi connectivity index (χ4n) is 4.29. The molecule has 0 spiro atoms. The third-order valence-electron chi connectivity index (χ3n) is 6.06. The molecule has 1 unspecified atom stereocenters. The Morgan fingerprint density at radius 1 is 0.939 bits per heavy atom. The van der Waals surface area contributed by atoms with Crippen LogP contribution < -0.4 is 5.32 Å². The first-order chi connectivity index (χ1) is 16.1. The van der Waals surface area contributed by atoms with E-state index in [9.17, 15) is 4.79 Å². The Bertz CT molecular complexity index is 796. The van der Waals surface area contributed by atoms with E-state index in [1.165, 1.54) is 43.5 Å². The number of nitrogens with zero attached hydrogens (tertiary/aromatic N) is 2. The number of carboxylic acids is 1. The third-order valence-corrected chi connectivity index (χ3v) is 6.31. The van der Waals surface area contributed by atoms with E-state index in [4.69, 9.17) is 21.4 Å². The van der Waals surface area contributed by atoms with Gasteiger partial charge in [-0.15, -0.1) is 0 Å². The van der Waals surface area contributed by atoms with Gasteiger partial charge in [0, 0.05) is 37.7 Å². The molecule has 7 heteroatoms. The molecule has 2 heterocycles. The van der Waals surface area contributed by atoms with Gasteiger partial charge >= 0.3 is 5.97 Å². The number of piperazine rings is 1. The smallest absolute Gasteiger partial charge is 0.329 e. The zero-order chi connectivity index (χ0) is 23.3. The van der Waals surface area contributed by atoms with Crippen molar-refractivity contribution in [3.05, 3.63) is 70.7 Å². The van der Waals surface area contributed by atoms with Crippen LogP contribution in [-0.4, -0.2) is 79.9 Å². The van der Waals surface area contributed by atoms with Crippen molar-refractivity contribution in [2.24, 2.45) is 0 Å². The van der Waals surface area contributed by atoms with Crippen LogP contribution in [0.3, 0.4) is 0 Å². The van der Waals surface area contributed by atoms with Gasteiger partial charge in [0.25, 0.3) is 0 Å². The molecule has 6 nitrogen and oxygen atoms in total. The number of aliphatic carboxylic acids is 1. The molecule has 0 amide bonds. The SMILES string of the molecule is C1CCNCC1.O=C(O)COCCN1CCN(C(c2ccccc2)c2ccc(Cl)cc2)CC1. The molecular formula is C26H36ClN3O3. The molecule has 180 valence electrons. The highest BCUT2D eigenvalue weighted by Crippen LogP contribution is 2.30. The Morgan fingerprint density at radius 2 is 1.58 bits per heavy atom. The standard InChI is InChI=1S/C21H25ClN2O3.C5H11N/c22-19-8-6-18(7-9-19)21(17-4-2-1-3-5-17)24-12-10-23(11-13-24)14-15-27-16-20(25)26;1-2-4-6-5-3-1/h1-9,21H,10-16H2,(H,25,26);6H,1-5H2. The summed E-state index contributed by atoms with van der Waals surface area (Å²) in [5.74, 6) is -0.923. The molecule has 0 aromatic heterocycles. The number of nitrogens with one attached hydrogen (secondary N) is 1. The highest BCUT2D eigenvalue weighted by molar-refractivity contribution is 6.30. The normalized spacial score (nSPS) is 18.2. The van der Waals surface area contributed by atoms with E-state index in [0.717, 1.165) is 37.7 Å². The van der Waals surface area contributed by atoms with Gasteiger partial charge in [-0.2, -0.15) is 0 Å². The van der Waals surface area contributed by atoms with Crippen LogP contribution in [0.25, 0.3) is 0 Å². The molecule has 2 aliphatic heterocycles. The van der Waals surface area contributed by atoms with Crippen LogP contribution in [0.15, 0.2) is 54.6 Å². The monoisotopic (exact) mass is 473 g/mol.